The number of guanidine groups is 1. The minimum absolute atomic E-state index is 0.549. The van der Waals surface area contributed by atoms with E-state index < -0.39 is 0 Å². The van der Waals surface area contributed by atoms with Crippen LogP contribution in [0.25, 0.3) is 0 Å². The van der Waals surface area contributed by atoms with Crippen molar-refractivity contribution >= 4 is 5.96 Å². The van der Waals surface area contributed by atoms with Crippen LogP contribution in [0.15, 0.2) is 53.5 Å². The Morgan fingerprint density at radius 2 is 1.65 bits per heavy atom. The lowest BCUT2D eigenvalue weighted by molar-refractivity contribution is 0.146. The molecule has 0 aromatic heterocycles. The first-order valence-electron chi connectivity index (χ1n) is 8.54. The second-order valence-corrected chi connectivity index (χ2v) is 5.58. The zero-order valence-electron chi connectivity index (χ0n) is 15.6. The number of hydrogen-bond acceptors (Lipinski definition) is 4. The summed E-state index contributed by atoms with van der Waals surface area (Å²) in [4.78, 5) is 4.26. The second kappa shape index (κ2) is 11.0. The van der Waals surface area contributed by atoms with E-state index in [2.05, 4.69) is 15.6 Å². The Morgan fingerprint density at radius 1 is 0.923 bits per heavy atom. The molecule has 0 spiro atoms. The Kier molecular flexibility index (Phi) is 8.29. The summed E-state index contributed by atoms with van der Waals surface area (Å²) in [6.07, 6.45) is 0. The fourth-order valence-electron chi connectivity index (χ4n) is 2.38. The average molecular weight is 357 g/mol. The quantitative estimate of drug-likeness (QED) is 0.410. The van der Waals surface area contributed by atoms with Crippen molar-refractivity contribution in [2.75, 3.05) is 34.5 Å². The molecule has 2 aromatic rings. The second-order valence-electron chi connectivity index (χ2n) is 5.58. The smallest absolute Gasteiger partial charge is 0.191 e. The van der Waals surface area contributed by atoms with E-state index in [1.807, 2.05) is 48.5 Å². The first kappa shape index (κ1) is 19.6. The van der Waals surface area contributed by atoms with Gasteiger partial charge in [-0.25, -0.2) is 0 Å². The van der Waals surface area contributed by atoms with Gasteiger partial charge in [0, 0.05) is 32.8 Å². The minimum atomic E-state index is 0.549. The maximum Gasteiger partial charge on any atom is 0.191 e. The Bertz CT molecular complexity index is 687. The summed E-state index contributed by atoms with van der Waals surface area (Å²) in [6, 6.07) is 15.9. The molecule has 0 heterocycles. The van der Waals surface area contributed by atoms with Crippen molar-refractivity contribution in [2.45, 2.75) is 13.1 Å². The molecule has 0 fully saturated rings. The molecular formula is C20H27N3O3. The van der Waals surface area contributed by atoms with E-state index in [-0.39, 0.29) is 0 Å². The highest BCUT2D eigenvalue weighted by atomic mass is 16.5. The van der Waals surface area contributed by atoms with Crippen molar-refractivity contribution in [3.8, 4) is 11.5 Å². The van der Waals surface area contributed by atoms with Crippen LogP contribution in [-0.4, -0.2) is 40.4 Å². The van der Waals surface area contributed by atoms with Gasteiger partial charge in [0.1, 0.15) is 18.1 Å². The van der Waals surface area contributed by atoms with Gasteiger partial charge in [-0.15, -0.1) is 0 Å². The summed E-state index contributed by atoms with van der Waals surface area (Å²) in [7, 11) is 5.09. The SMILES string of the molecule is CN=C(NCc1ccc(OCCOC)cc1)NCc1ccccc1OC. The van der Waals surface area contributed by atoms with Gasteiger partial charge in [-0.1, -0.05) is 30.3 Å². The Hall–Kier alpha value is -2.73. The monoisotopic (exact) mass is 357 g/mol. The first-order valence-corrected chi connectivity index (χ1v) is 8.54. The van der Waals surface area contributed by atoms with Crippen molar-refractivity contribution in [1.82, 2.24) is 10.6 Å². The Labute approximate surface area is 155 Å². The summed E-state index contributed by atoms with van der Waals surface area (Å²) in [5, 5.41) is 6.60. The third-order valence-electron chi connectivity index (χ3n) is 3.80. The highest BCUT2D eigenvalue weighted by Crippen LogP contribution is 2.16. The summed E-state index contributed by atoms with van der Waals surface area (Å²) >= 11 is 0. The first-order chi connectivity index (χ1) is 12.8. The van der Waals surface area contributed by atoms with Crippen LogP contribution in [0, 0.1) is 0 Å². The fourth-order valence-corrected chi connectivity index (χ4v) is 2.38. The molecule has 26 heavy (non-hydrogen) atoms. The standard InChI is InChI=1S/C20H27N3O3/c1-21-20(23-15-17-6-4-5-7-19(17)25-3)22-14-16-8-10-18(11-9-16)26-13-12-24-2/h4-11H,12-15H2,1-3H3,(H2,21,22,23). The fraction of sp³-hybridized carbons (Fsp3) is 0.350. The van der Waals surface area contributed by atoms with Crippen molar-refractivity contribution in [3.63, 3.8) is 0 Å². The normalized spacial score (nSPS) is 11.1. The predicted molar refractivity (Wildman–Crippen MR) is 104 cm³/mol. The maximum atomic E-state index is 5.56. The number of para-hydroxylation sites is 1. The van der Waals surface area contributed by atoms with Crippen LogP contribution in [0.2, 0.25) is 0 Å². The molecule has 2 rings (SSSR count). The van der Waals surface area contributed by atoms with Gasteiger partial charge in [0.05, 0.1) is 13.7 Å². The summed E-state index contributed by atoms with van der Waals surface area (Å²) in [6.45, 7) is 2.44. The van der Waals surface area contributed by atoms with Crippen LogP contribution in [0.3, 0.4) is 0 Å². The molecule has 0 radical (unpaired) electrons. The lowest BCUT2D eigenvalue weighted by atomic mass is 10.2. The molecule has 0 aliphatic heterocycles. The van der Waals surface area contributed by atoms with Crippen molar-refractivity contribution in [3.05, 3.63) is 59.7 Å². The van der Waals surface area contributed by atoms with Crippen molar-refractivity contribution < 1.29 is 14.2 Å². The van der Waals surface area contributed by atoms with Crippen LogP contribution >= 0.6 is 0 Å². The predicted octanol–water partition coefficient (Wildman–Crippen LogP) is 2.59. The summed E-state index contributed by atoms with van der Waals surface area (Å²) in [5.74, 6) is 2.43. The van der Waals surface area contributed by atoms with Gasteiger partial charge in [-0.3, -0.25) is 4.99 Å². The van der Waals surface area contributed by atoms with Crippen LogP contribution < -0.4 is 20.1 Å². The minimum Gasteiger partial charge on any atom is -0.496 e. The highest BCUT2D eigenvalue weighted by Gasteiger charge is 2.04. The lowest BCUT2D eigenvalue weighted by Gasteiger charge is -2.14. The van der Waals surface area contributed by atoms with Gasteiger partial charge in [-0.2, -0.15) is 0 Å². The molecule has 2 N–H and O–H groups in total. The lowest BCUT2D eigenvalue weighted by Crippen LogP contribution is -2.36. The number of methoxy groups -OCH3 is 2. The molecule has 0 saturated carbocycles. The molecular weight excluding hydrogens is 330 g/mol. The Balaban J connectivity index is 1.81. The number of hydrogen-bond donors (Lipinski definition) is 2. The van der Waals surface area contributed by atoms with Crippen LogP contribution in [0.4, 0.5) is 0 Å². The maximum absolute atomic E-state index is 5.56. The zero-order valence-corrected chi connectivity index (χ0v) is 15.6. The van der Waals surface area contributed by atoms with Crippen molar-refractivity contribution in [1.29, 1.82) is 0 Å². The molecule has 0 aliphatic carbocycles. The third kappa shape index (κ3) is 6.29. The number of nitrogens with zero attached hydrogens (tertiary/aromatic N) is 1. The van der Waals surface area contributed by atoms with E-state index in [1.54, 1.807) is 21.3 Å². The van der Waals surface area contributed by atoms with Gasteiger partial charge in [0.2, 0.25) is 0 Å². The molecule has 0 bridgehead atoms. The van der Waals surface area contributed by atoms with Crippen molar-refractivity contribution in [2.24, 2.45) is 4.99 Å². The van der Waals surface area contributed by atoms with Gasteiger partial charge in [0.25, 0.3) is 0 Å². The zero-order chi connectivity index (χ0) is 18.6. The third-order valence-corrected chi connectivity index (χ3v) is 3.80. The number of rotatable bonds is 9. The molecule has 0 aliphatic rings. The Morgan fingerprint density at radius 3 is 2.35 bits per heavy atom. The number of benzene rings is 2. The molecule has 0 unspecified atom stereocenters. The number of ether oxygens (including phenoxy) is 3. The van der Waals surface area contributed by atoms with E-state index in [1.165, 1.54) is 0 Å². The van der Waals surface area contributed by atoms with Gasteiger partial charge >= 0.3 is 0 Å². The van der Waals surface area contributed by atoms with Gasteiger partial charge in [0.15, 0.2) is 5.96 Å². The van der Waals surface area contributed by atoms with E-state index in [9.17, 15) is 0 Å². The summed E-state index contributed by atoms with van der Waals surface area (Å²) < 4.78 is 15.9. The molecule has 0 saturated heterocycles. The molecule has 6 heteroatoms. The molecule has 6 nitrogen and oxygen atoms in total. The van der Waals surface area contributed by atoms with E-state index in [4.69, 9.17) is 14.2 Å². The highest BCUT2D eigenvalue weighted by molar-refractivity contribution is 5.79. The molecule has 0 atom stereocenters. The van der Waals surface area contributed by atoms with Gasteiger partial charge in [-0.05, 0) is 23.8 Å². The van der Waals surface area contributed by atoms with Crippen LogP contribution in [-0.2, 0) is 17.8 Å². The topological polar surface area (TPSA) is 64.1 Å². The van der Waals surface area contributed by atoms with E-state index in [0.717, 1.165) is 28.6 Å². The molecule has 2 aromatic carbocycles. The number of nitrogens with one attached hydrogen (secondary N) is 2. The molecule has 140 valence electrons. The van der Waals surface area contributed by atoms with Gasteiger partial charge < -0.3 is 24.8 Å². The molecule has 0 amide bonds. The van der Waals surface area contributed by atoms with Crippen LogP contribution in [0.5, 0.6) is 11.5 Å². The van der Waals surface area contributed by atoms with E-state index >= 15 is 0 Å². The summed E-state index contributed by atoms with van der Waals surface area (Å²) in [5.41, 5.74) is 2.22. The number of aliphatic imine (C=N–C) groups is 1. The van der Waals surface area contributed by atoms with E-state index in [0.29, 0.717) is 26.3 Å². The largest absolute Gasteiger partial charge is 0.496 e. The van der Waals surface area contributed by atoms with Crippen LogP contribution in [0.1, 0.15) is 11.1 Å². The average Bonchev–Trinajstić information content (AvgIpc) is 2.69.